The minimum atomic E-state index is -1.27. The van der Waals surface area contributed by atoms with Crippen molar-refractivity contribution < 1.29 is 29.5 Å². The van der Waals surface area contributed by atoms with Gasteiger partial charge in [-0.3, -0.25) is 0 Å². The summed E-state index contributed by atoms with van der Waals surface area (Å²) in [5.74, 6) is 0. The Balaban J connectivity index is 2.28. The summed E-state index contributed by atoms with van der Waals surface area (Å²) in [7, 11) is 0. The van der Waals surface area contributed by atoms with E-state index in [4.69, 9.17) is 19.9 Å². The summed E-state index contributed by atoms with van der Waals surface area (Å²) < 4.78 is 15.5. The first kappa shape index (κ1) is 14.8. The largest absolute Gasteiger partial charge is 0.388 e. The molecular weight excluding hydrogens is 230 g/mol. The summed E-state index contributed by atoms with van der Waals surface area (Å²) in [4.78, 5) is 0. The molecule has 0 aliphatic carbocycles. The van der Waals surface area contributed by atoms with Crippen LogP contribution >= 0.6 is 0 Å². The van der Waals surface area contributed by atoms with E-state index in [-0.39, 0.29) is 6.61 Å². The van der Waals surface area contributed by atoms with Crippen molar-refractivity contribution in [2.24, 2.45) is 5.73 Å². The molecule has 0 spiro atoms. The van der Waals surface area contributed by atoms with Crippen LogP contribution in [0.25, 0.3) is 0 Å². The van der Waals surface area contributed by atoms with Crippen LogP contribution in [0, 0.1) is 0 Å². The zero-order valence-corrected chi connectivity index (χ0v) is 9.86. The monoisotopic (exact) mass is 251 g/mol. The standard InChI is InChI=1S/C10H21NO6/c1-6-7(12)8(13)9(14)10(17-6)16-5-4-15-3-2-11/h6-10,12-14H,2-5,11H2,1H3/t6-,7-,8+,9+,10+/m0/s1. The molecule has 0 aromatic carbocycles. The zero-order chi connectivity index (χ0) is 12.8. The van der Waals surface area contributed by atoms with E-state index in [0.717, 1.165) is 0 Å². The Morgan fingerprint density at radius 1 is 1.06 bits per heavy atom. The molecule has 5 atom stereocenters. The van der Waals surface area contributed by atoms with Crippen molar-refractivity contribution in [1.82, 2.24) is 0 Å². The number of aliphatic hydroxyl groups is 3. The second-order valence-electron chi connectivity index (χ2n) is 3.95. The smallest absolute Gasteiger partial charge is 0.186 e. The van der Waals surface area contributed by atoms with Crippen LogP contribution in [-0.2, 0) is 14.2 Å². The van der Waals surface area contributed by atoms with Gasteiger partial charge in [-0.05, 0) is 6.92 Å². The third-order valence-electron chi connectivity index (χ3n) is 2.58. The first-order chi connectivity index (χ1) is 8.07. The molecule has 17 heavy (non-hydrogen) atoms. The summed E-state index contributed by atoms with van der Waals surface area (Å²) in [5, 5.41) is 28.6. The lowest BCUT2D eigenvalue weighted by molar-refractivity contribution is -0.294. The molecular formula is C10H21NO6. The quantitative estimate of drug-likeness (QED) is 0.396. The molecule has 1 aliphatic heterocycles. The van der Waals surface area contributed by atoms with Gasteiger partial charge in [0.2, 0.25) is 0 Å². The minimum Gasteiger partial charge on any atom is -0.388 e. The van der Waals surface area contributed by atoms with Crippen molar-refractivity contribution in [2.75, 3.05) is 26.4 Å². The molecule has 1 aliphatic rings. The van der Waals surface area contributed by atoms with E-state index in [2.05, 4.69) is 0 Å². The Morgan fingerprint density at radius 2 is 1.76 bits per heavy atom. The van der Waals surface area contributed by atoms with E-state index >= 15 is 0 Å². The molecule has 0 bridgehead atoms. The van der Waals surface area contributed by atoms with E-state index in [1.807, 2.05) is 0 Å². The van der Waals surface area contributed by atoms with Crippen LogP contribution in [0.3, 0.4) is 0 Å². The zero-order valence-electron chi connectivity index (χ0n) is 9.86. The second-order valence-corrected chi connectivity index (χ2v) is 3.95. The van der Waals surface area contributed by atoms with Gasteiger partial charge in [0.15, 0.2) is 6.29 Å². The van der Waals surface area contributed by atoms with Crippen LogP contribution in [0.4, 0.5) is 0 Å². The Morgan fingerprint density at radius 3 is 2.41 bits per heavy atom. The van der Waals surface area contributed by atoms with Gasteiger partial charge in [-0.25, -0.2) is 0 Å². The van der Waals surface area contributed by atoms with Crippen LogP contribution in [0.1, 0.15) is 6.92 Å². The van der Waals surface area contributed by atoms with Gasteiger partial charge in [0.1, 0.15) is 18.3 Å². The maximum absolute atomic E-state index is 9.61. The third kappa shape index (κ3) is 4.14. The number of hydrogen-bond acceptors (Lipinski definition) is 7. The van der Waals surface area contributed by atoms with Gasteiger partial charge in [-0.15, -0.1) is 0 Å². The molecule has 0 radical (unpaired) electrons. The normalized spacial score (nSPS) is 38.3. The summed E-state index contributed by atoms with van der Waals surface area (Å²) in [5.41, 5.74) is 5.24. The maximum Gasteiger partial charge on any atom is 0.186 e. The van der Waals surface area contributed by atoms with Crippen LogP contribution in [0.15, 0.2) is 0 Å². The van der Waals surface area contributed by atoms with Crippen LogP contribution < -0.4 is 5.73 Å². The highest BCUT2D eigenvalue weighted by Crippen LogP contribution is 2.21. The molecule has 5 N–H and O–H groups in total. The number of rotatable bonds is 6. The fraction of sp³-hybridized carbons (Fsp3) is 1.00. The van der Waals surface area contributed by atoms with E-state index in [0.29, 0.717) is 19.8 Å². The summed E-state index contributed by atoms with van der Waals surface area (Å²) in [6.07, 6.45) is -5.20. The van der Waals surface area contributed by atoms with Crippen molar-refractivity contribution >= 4 is 0 Å². The van der Waals surface area contributed by atoms with E-state index in [1.54, 1.807) is 6.92 Å². The van der Waals surface area contributed by atoms with Gasteiger partial charge < -0.3 is 35.3 Å². The molecule has 1 fully saturated rings. The second kappa shape index (κ2) is 7.22. The number of nitrogens with two attached hydrogens (primary N) is 1. The lowest BCUT2D eigenvalue weighted by Gasteiger charge is -2.38. The van der Waals surface area contributed by atoms with Crippen molar-refractivity contribution in [1.29, 1.82) is 0 Å². The summed E-state index contributed by atoms with van der Waals surface area (Å²) >= 11 is 0. The van der Waals surface area contributed by atoms with Crippen LogP contribution in [-0.4, -0.2) is 72.4 Å². The molecule has 0 unspecified atom stereocenters. The molecule has 7 heteroatoms. The van der Waals surface area contributed by atoms with Gasteiger partial charge in [-0.2, -0.15) is 0 Å². The first-order valence-corrected chi connectivity index (χ1v) is 5.67. The molecule has 0 aromatic heterocycles. The highest BCUT2D eigenvalue weighted by atomic mass is 16.7. The van der Waals surface area contributed by atoms with Crippen LogP contribution in [0.2, 0.25) is 0 Å². The molecule has 0 aromatic rings. The van der Waals surface area contributed by atoms with Crippen molar-refractivity contribution in [3.05, 3.63) is 0 Å². The maximum atomic E-state index is 9.61. The molecule has 0 saturated carbocycles. The number of aliphatic hydroxyl groups excluding tert-OH is 3. The molecule has 102 valence electrons. The molecule has 1 heterocycles. The van der Waals surface area contributed by atoms with Crippen molar-refractivity contribution in [3.8, 4) is 0 Å². The Hall–Kier alpha value is -0.280. The van der Waals surface area contributed by atoms with Crippen LogP contribution in [0.5, 0.6) is 0 Å². The van der Waals surface area contributed by atoms with Crippen molar-refractivity contribution in [3.63, 3.8) is 0 Å². The third-order valence-corrected chi connectivity index (χ3v) is 2.58. The Labute approximate surface area is 100 Å². The topological polar surface area (TPSA) is 114 Å². The molecule has 1 saturated heterocycles. The lowest BCUT2D eigenvalue weighted by Crippen LogP contribution is -2.57. The summed E-state index contributed by atoms with van der Waals surface area (Å²) in [6, 6.07) is 0. The minimum absolute atomic E-state index is 0.220. The van der Waals surface area contributed by atoms with E-state index in [1.165, 1.54) is 0 Å². The van der Waals surface area contributed by atoms with Gasteiger partial charge in [0.25, 0.3) is 0 Å². The van der Waals surface area contributed by atoms with Gasteiger partial charge in [0, 0.05) is 6.54 Å². The fourth-order valence-corrected chi connectivity index (χ4v) is 1.56. The highest BCUT2D eigenvalue weighted by molar-refractivity contribution is 4.87. The van der Waals surface area contributed by atoms with E-state index < -0.39 is 30.7 Å². The predicted molar refractivity (Wildman–Crippen MR) is 58.2 cm³/mol. The number of hydrogen-bond donors (Lipinski definition) is 4. The average Bonchev–Trinajstić information content (AvgIpc) is 2.32. The Bertz CT molecular complexity index is 217. The molecule has 1 rings (SSSR count). The molecule has 7 nitrogen and oxygen atoms in total. The van der Waals surface area contributed by atoms with Gasteiger partial charge in [-0.1, -0.05) is 0 Å². The van der Waals surface area contributed by atoms with E-state index in [9.17, 15) is 15.3 Å². The SMILES string of the molecule is C[C@@H]1O[C@@H](OCCOCCN)[C@H](O)[C@H](O)[C@H]1O. The summed E-state index contributed by atoms with van der Waals surface area (Å²) in [6.45, 7) is 3.02. The predicted octanol–water partition coefficient (Wildman–Crippen LogP) is -2.19. The molecule has 0 amide bonds. The fourth-order valence-electron chi connectivity index (χ4n) is 1.56. The highest BCUT2D eigenvalue weighted by Gasteiger charge is 2.42. The number of ether oxygens (including phenoxy) is 3. The Kier molecular flexibility index (Phi) is 6.28. The van der Waals surface area contributed by atoms with Crippen molar-refractivity contribution in [2.45, 2.75) is 37.6 Å². The first-order valence-electron chi connectivity index (χ1n) is 5.67. The van der Waals surface area contributed by atoms with Gasteiger partial charge in [0.05, 0.1) is 25.9 Å². The van der Waals surface area contributed by atoms with Gasteiger partial charge >= 0.3 is 0 Å². The lowest BCUT2D eigenvalue weighted by atomic mass is 10.0. The average molecular weight is 251 g/mol.